The zero-order valence-electron chi connectivity index (χ0n) is 10.4. The Morgan fingerprint density at radius 1 is 1.41 bits per heavy atom. The highest BCUT2D eigenvalue weighted by Crippen LogP contribution is 2.04. The van der Waals surface area contributed by atoms with Gasteiger partial charge in [-0.2, -0.15) is 0 Å². The third-order valence-electron chi connectivity index (χ3n) is 2.68. The van der Waals surface area contributed by atoms with Crippen molar-refractivity contribution in [1.82, 2.24) is 9.88 Å². The first-order valence-corrected chi connectivity index (χ1v) is 6.30. The van der Waals surface area contributed by atoms with Crippen LogP contribution in [0.15, 0.2) is 18.3 Å². The number of hydrogen-bond acceptors (Lipinski definition) is 4. The van der Waals surface area contributed by atoms with Gasteiger partial charge in [0.1, 0.15) is 10.8 Å². The fraction of sp³-hybridized carbons (Fsp3) is 0.500. The molecule has 5 heteroatoms. The molecule has 0 fully saturated rings. The molecule has 1 aromatic rings. The minimum atomic E-state index is 0.382. The Balaban J connectivity index is 2.39. The van der Waals surface area contributed by atoms with Gasteiger partial charge >= 0.3 is 0 Å². The Labute approximate surface area is 108 Å². The highest BCUT2D eigenvalue weighted by Gasteiger charge is 2.00. The smallest absolute Gasteiger partial charge is 0.125 e. The number of hydrogen-bond donors (Lipinski definition) is 2. The summed E-state index contributed by atoms with van der Waals surface area (Å²) in [5.74, 6) is 0.858. The van der Waals surface area contributed by atoms with E-state index in [1.165, 1.54) is 0 Å². The molecule has 0 spiro atoms. The van der Waals surface area contributed by atoms with E-state index < -0.39 is 0 Å². The van der Waals surface area contributed by atoms with Crippen LogP contribution in [0.4, 0.5) is 5.82 Å². The summed E-state index contributed by atoms with van der Waals surface area (Å²) in [4.78, 5) is 6.99. The Bertz CT molecular complexity index is 346. The van der Waals surface area contributed by atoms with Crippen LogP contribution in [-0.2, 0) is 0 Å². The van der Waals surface area contributed by atoms with Crippen molar-refractivity contribution in [3.8, 4) is 0 Å². The minimum absolute atomic E-state index is 0.382. The molecule has 1 rings (SSSR count). The number of aromatic nitrogens is 1. The minimum Gasteiger partial charge on any atom is -0.389 e. The number of thiocarbonyl (C=S) groups is 1. The van der Waals surface area contributed by atoms with Crippen molar-refractivity contribution >= 4 is 23.0 Å². The summed E-state index contributed by atoms with van der Waals surface area (Å²) in [6, 6.07) is 3.78. The Kier molecular flexibility index (Phi) is 5.86. The Morgan fingerprint density at radius 2 is 2.12 bits per heavy atom. The highest BCUT2D eigenvalue weighted by atomic mass is 32.1. The molecule has 94 valence electrons. The van der Waals surface area contributed by atoms with E-state index >= 15 is 0 Å². The molecule has 4 nitrogen and oxygen atoms in total. The van der Waals surface area contributed by atoms with Crippen molar-refractivity contribution in [3.63, 3.8) is 0 Å². The fourth-order valence-electron chi connectivity index (χ4n) is 1.53. The zero-order chi connectivity index (χ0) is 12.7. The predicted molar refractivity (Wildman–Crippen MR) is 76.4 cm³/mol. The molecule has 17 heavy (non-hydrogen) atoms. The second-order valence-electron chi connectivity index (χ2n) is 3.75. The molecule has 0 atom stereocenters. The van der Waals surface area contributed by atoms with Gasteiger partial charge in [-0.1, -0.05) is 26.1 Å². The van der Waals surface area contributed by atoms with Gasteiger partial charge in [0.15, 0.2) is 0 Å². The topological polar surface area (TPSA) is 54.2 Å². The van der Waals surface area contributed by atoms with Crippen LogP contribution in [0.2, 0.25) is 0 Å². The van der Waals surface area contributed by atoms with E-state index in [1.807, 2.05) is 12.1 Å². The maximum Gasteiger partial charge on any atom is 0.125 e. The summed E-state index contributed by atoms with van der Waals surface area (Å²) in [5, 5.41) is 3.27. The molecule has 0 bridgehead atoms. The monoisotopic (exact) mass is 252 g/mol. The van der Waals surface area contributed by atoms with E-state index in [9.17, 15) is 0 Å². The maximum absolute atomic E-state index is 5.50. The first kappa shape index (κ1) is 13.9. The number of anilines is 1. The molecular formula is C12H20N4S. The average molecular weight is 252 g/mol. The molecule has 0 saturated heterocycles. The van der Waals surface area contributed by atoms with Gasteiger partial charge in [-0.15, -0.1) is 0 Å². The lowest BCUT2D eigenvalue weighted by Gasteiger charge is -2.18. The number of nitrogens with two attached hydrogens (primary N) is 1. The molecule has 0 radical (unpaired) electrons. The van der Waals surface area contributed by atoms with Crippen LogP contribution < -0.4 is 11.1 Å². The van der Waals surface area contributed by atoms with E-state index in [0.717, 1.165) is 37.6 Å². The first-order valence-electron chi connectivity index (χ1n) is 5.89. The van der Waals surface area contributed by atoms with Crippen molar-refractivity contribution in [1.29, 1.82) is 0 Å². The Morgan fingerprint density at radius 3 is 2.59 bits per heavy atom. The summed E-state index contributed by atoms with van der Waals surface area (Å²) < 4.78 is 0. The van der Waals surface area contributed by atoms with E-state index in [-0.39, 0.29) is 0 Å². The van der Waals surface area contributed by atoms with Gasteiger partial charge in [0.05, 0.1) is 0 Å². The number of nitrogens with one attached hydrogen (secondary N) is 1. The first-order chi connectivity index (χ1) is 8.17. The molecule has 0 unspecified atom stereocenters. The van der Waals surface area contributed by atoms with E-state index in [2.05, 4.69) is 29.0 Å². The molecule has 1 heterocycles. The zero-order valence-corrected chi connectivity index (χ0v) is 11.3. The number of likely N-dealkylation sites (N-methyl/N-ethyl adjacent to an activating group) is 1. The van der Waals surface area contributed by atoms with Crippen molar-refractivity contribution < 1.29 is 0 Å². The van der Waals surface area contributed by atoms with E-state index in [4.69, 9.17) is 18.0 Å². The van der Waals surface area contributed by atoms with Crippen LogP contribution >= 0.6 is 12.2 Å². The normalized spacial score (nSPS) is 10.5. The number of pyridine rings is 1. The molecule has 0 aliphatic rings. The third kappa shape index (κ3) is 4.66. The third-order valence-corrected chi connectivity index (χ3v) is 2.91. The van der Waals surface area contributed by atoms with Gasteiger partial charge in [-0.05, 0) is 25.2 Å². The summed E-state index contributed by atoms with van der Waals surface area (Å²) in [6.45, 7) is 8.39. The molecular weight excluding hydrogens is 232 g/mol. The molecule has 0 amide bonds. The quantitative estimate of drug-likeness (QED) is 0.720. The fourth-order valence-corrected chi connectivity index (χ4v) is 1.65. The maximum atomic E-state index is 5.50. The largest absolute Gasteiger partial charge is 0.389 e. The summed E-state index contributed by atoms with van der Waals surface area (Å²) >= 11 is 4.87. The van der Waals surface area contributed by atoms with Crippen LogP contribution in [0.25, 0.3) is 0 Å². The van der Waals surface area contributed by atoms with Gasteiger partial charge < -0.3 is 16.0 Å². The molecule has 0 aliphatic carbocycles. The molecule has 0 saturated carbocycles. The van der Waals surface area contributed by atoms with Crippen LogP contribution in [0.3, 0.4) is 0 Å². The summed E-state index contributed by atoms with van der Waals surface area (Å²) in [5.41, 5.74) is 6.30. The lowest BCUT2D eigenvalue weighted by atomic mass is 10.3. The molecule has 0 aromatic carbocycles. The van der Waals surface area contributed by atoms with Crippen LogP contribution in [0, 0.1) is 0 Å². The lowest BCUT2D eigenvalue weighted by molar-refractivity contribution is 0.316. The summed E-state index contributed by atoms with van der Waals surface area (Å²) in [6.07, 6.45) is 1.70. The number of nitrogens with zero attached hydrogens (tertiary/aromatic N) is 2. The van der Waals surface area contributed by atoms with Crippen LogP contribution in [0.1, 0.15) is 19.4 Å². The molecule has 1 aromatic heterocycles. The SMILES string of the molecule is CCN(CC)CCNc1ccc(C(N)=S)cn1. The van der Waals surface area contributed by atoms with Crippen molar-refractivity contribution in [2.75, 3.05) is 31.5 Å². The van der Waals surface area contributed by atoms with Gasteiger partial charge in [0.2, 0.25) is 0 Å². The number of rotatable bonds is 7. The highest BCUT2D eigenvalue weighted by molar-refractivity contribution is 7.80. The standard InChI is InChI=1S/C12H20N4S/c1-3-16(4-2)8-7-14-11-6-5-10(9-15-11)12(13)17/h5-6,9H,3-4,7-8H2,1-2H3,(H2,13,17)(H,14,15). The van der Waals surface area contributed by atoms with Crippen LogP contribution in [-0.4, -0.2) is 41.1 Å². The van der Waals surface area contributed by atoms with E-state index in [0.29, 0.717) is 4.99 Å². The van der Waals surface area contributed by atoms with Crippen molar-refractivity contribution in [2.45, 2.75) is 13.8 Å². The van der Waals surface area contributed by atoms with Crippen LogP contribution in [0.5, 0.6) is 0 Å². The van der Waals surface area contributed by atoms with Crippen molar-refractivity contribution in [2.24, 2.45) is 5.73 Å². The van der Waals surface area contributed by atoms with E-state index in [1.54, 1.807) is 6.20 Å². The van der Waals surface area contributed by atoms with Gasteiger partial charge in [0.25, 0.3) is 0 Å². The van der Waals surface area contributed by atoms with Gasteiger partial charge in [0, 0.05) is 24.8 Å². The van der Waals surface area contributed by atoms with Crippen molar-refractivity contribution in [3.05, 3.63) is 23.9 Å². The van der Waals surface area contributed by atoms with Gasteiger partial charge in [-0.3, -0.25) is 0 Å². The second-order valence-corrected chi connectivity index (χ2v) is 4.19. The second kappa shape index (κ2) is 7.19. The predicted octanol–water partition coefficient (Wildman–Crippen LogP) is 1.47. The summed E-state index contributed by atoms with van der Waals surface area (Å²) in [7, 11) is 0. The molecule has 3 N–H and O–H groups in total. The molecule has 0 aliphatic heterocycles. The van der Waals surface area contributed by atoms with Gasteiger partial charge in [-0.25, -0.2) is 4.98 Å². The Hall–Kier alpha value is -1.20. The average Bonchev–Trinajstić information content (AvgIpc) is 2.35. The lowest BCUT2D eigenvalue weighted by Crippen LogP contribution is -2.28.